The summed E-state index contributed by atoms with van der Waals surface area (Å²) < 4.78 is 0. The number of amides is 5. The molecule has 0 aromatic heterocycles. The lowest BCUT2D eigenvalue weighted by Gasteiger charge is -2.21. The Morgan fingerprint density at radius 1 is 1.04 bits per heavy atom. The number of nitrogens with zero attached hydrogens (tertiary/aromatic N) is 2. The van der Waals surface area contributed by atoms with Crippen molar-refractivity contribution in [2.45, 2.75) is 44.6 Å². The zero-order valence-corrected chi connectivity index (χ0v) is 14.7. The Morgan fingerprint density at radius 3 is 2.52 bits per heavy atom. The highest BCUT2D eigenvalue weighted by Crippen LogP contribution is 2.28. The van der Waals surface area contributed by atoms with Crippen LogP contribution in [0.3, 0.4) is 0 Å². The average molecular weight is 369 g/mol. The van der Waals surface area contributed by atoms with Gasteiger partial charge < -0.3 is 5.32 Å². The summed E-state index contributed by atoms with van der Waals surface area (Å²) in [5.41, 5.74) is 1.85. The van der Waals surface area contributed by atoms with Gasteiger partial charge in [0.2, 0.25) is 5.91 Å². The van der Waals surface area contributed by atoms with Crippen molar-refractivity contribution in [2.75, 3.05) is 11.9 Å². The number of rotatable bonds is 4. The largest absolute Gasteiger partial charge is 0.334 e. The third-order valence-electron chi connectivity index (χ3n) is 5.40. The number of nitrogens with one attached hydrogen (secondary N) is 1. The van der Waals surface area contributed by atoms with Gasteiger partial charge in [0.25, 0.3) is 0 Å². The zero-order chi connectivity index (χ0) is 19.1. The molecule has 1 saturated carbocycles. The summed E-state index contributed by atoms with van der Waals surface area (Å²) in [4.78, 5) is 62.8. The number of urea groups is 1. The minimum Gasteiger partial charge on any atom is -0.326 e. The SMILES string of the molecule is O=C1CCc2cc(C(=O)CN3C(=O)C(=O)N(C4CCCC4)C3=O)ccc2N1. The summed E-state index contributed by atoms with van der Waals surface area (Å²) in [6.45, 7) is -0.461. The Kier molecular flexibility index (Phi) is 4.25. The molecule has 1 N–H and O–H groups in total. The summed E-state index contributed by atoms with van der Waals surface area (Å²) in [7, 11) is 0. The van der Waals surface area contributed by atoms with E-state index in [2.05, 4.69) is 5.32 Å². The van der Waals surface area contributed by atoms with Crippen LogP contribution < -0.4 is 5.32 Å². The summed E-state index contributed by atoms with van der Waals surface area (Å²) in [5, 5.41) is 2.74. The molecule has 8 heteroatoms. The summed E-state index contributed by atoms with van der Waals surface area (Å²) in [5.74, 6) is -2.27. The van der Waals surface area contributed by atoms with E-state index < -0.39 is 30.2 Å². The van der Waals surface area contributed by atoms with Gasteiger partial charge in [0.05, 0.1) is 6.54 Å². The van der Waals surface area contributed by atoms with Crippen LogP contribution in [0, 0.1) is 0 Å². The quantitative estimate of drug-likeness (QED) is 0.492. The summed E-state index contributed by atoms with van der Waals surface area (Å²) in [6, 6.07) is 3.91. The molecule has 0 atom stereocenters. The predicted octanol–water partition coefficient (Wildman–Crippen LogP) is 1.49. The second-order valence-electron chi connectivity index (χ2n) is 7.13. The predicted molar refractivity (Wildman–Crippen MR) is 93.9 cm³/mol. The van der Waals surface area contributed by atoms with Gasteiger partial charge in [0.15, 0.2) is 5.78 Å². The highest BCUT2D eigenvalue weighted by atomic mass is 16.2. The molecule has 0 bridgehead atoms. The fourth-order valence-electron chi connectivity index (χ4n) is 3.94. The number of benzene rings is 1. The fraction of sp³-hybridized carbons (Fsp3) is 0.421. The second-order valence-corrected chi connectivity index (χ2v) is 7.13. The average Bonchev–Trinajstić information content (AvgIpc) is 3.24. The number of hydrogen-bond donors (Lipinski definition) is 1. The van der Waals surface area contributed by atoms with E-state index in [4.69, 9.17) is 0 Å². The number of aryl methyl sites for hydroxylation is 1. The van der Waals surface area contributed by atoms with Crippen LogP contribution in [-0.2, 0) is 20.8 Å². The molecule has 0 radical (unpaired) electrons. The maximum absolute atomic E-state index is 12.6. The van der Waals surface area contributed by atoms with Crippen LogP contribution in [0.4, 0.5) is 10.5 Å². The maximum Gasteiger partial charge on any atom is 0.334 e. The topological polar surface area (TPSA) is 104 Å². The Morgan fingerprint density at radius 2 is 1.78 bits per heavy atom. The zero-order valence-electron chi connectivity index (χ0n) is 14.7. The van der Waals surface area contributed by atoms with Gasteiger partial charge in [0.1, 0.15) is 0 Å². The molecule has 0 spiro atoms. The monoisotopic (exact) mass is 369 g/mol. The third-order valence-corrected chi connectivity index (χ3v) is 5.40. The van der Waals surface area contributed by atoms with Crippen molar-refractivity contribution in [3.05, 3.63) is 29.3 Å². The highest BCUT2D eigenvalue weighted by molar-refractivity contribution is 6.45. The van der Waals surface area contributed by atoms with Gasteiger partial charge in [-0.05, 0) is 43.0 Å². The van der Waals surface area contributed by atoms with E-state index in [0.29, 0.717) is 36.9 Å². The smallest absolute Gasteiger partial charge is 0.326 e. The normalized spacial score (nSPS) is 20.3. The van der Waals surface area contributed by atoms with Crippen molar-refractivity contribution in [2.24, 2.45) is 0 Å². The Balaban J connectivity index is 1.51. The molecule has 5 amide bonds. The first kappa shape index (κ1) is 17.4. The lowest BCUT2D eigenvalue weighted by atomic mass is 9.98. The number of ketones is 1. The molecular formula is C19H19N3O5. The van der Waals surface area contributed by atoms with Gasteiger partial charge in [-0.1, -0.05) is 12.8 Å². The van der Waals surface area contributed by atoms with Crippen molar-refractivity contribution in [3.8, 4) is 0 Å². The first-order valence-electron chi connectivity index (χ1n) is 9.10. The number of hydrogen-bond acceptors (Lipinski definition) is 5. The number of anilines is 1. The van der Waals surface area contributed by atoms with E-state index in [1.165, 1.54) is 0 Å². The lowest BCUT2D eigenvalue weighted by molar-refractivity contribution is -0.143. The molecule has 1 aliphatic carbocycles. The van der Waals surface area contributed by atoms with Gasteiger partial charge in [-0.25, -0.2) is 9.69 Å². The third kappa shape index (κ3) is 3.01. The van der Waals surface area contributed by atoms with Crippen molar-refractivity contribution in [1.82, 2.24) is 9.80 Å². The fourth-order valence-corrected chi connectivity index (χ4v) is 3.94. The van der Waals surface area contributed by atoms with Gasteiger partial charge in [-0.15, -0.1) is 0 Å². The minimum atomic E-state index is -0.939. The Bertz CT molecular complexity index is 872. The van der Waals surface area contributed by atoms with Gasteiger partial charge >= 0.3 is 17.8 Å². The molecule has 1 aromatic rings. The van der Waals surface area contributed by atoms with Crippen molar-refractivity contribution >= 4 is 35.2 Å². The molecule has 3 aliphatic rings. The Labute approximate surface area is 155 Å². The molecule has 2 fully saturated rings. The summed E-state index contributed by atoms with van der Waals surface area (Å²) >= 11 is 0. The molecule has 1 aromatic carbocycles. The molecule has 27 heavy (non-hydrogen) atoms. The van der Waals surface area contributed by atoms with Crippen LogP contribution >= 0.6 is 0 Å². The van der Waals surface area contributed by atoms with E-state index >= 15 is 0 Å². The minimum absolute atomic E-state index is 0.0691. The number of imide groups is 2. The lowest BCUT2D eigenvalue weighted by Crippen LogP contribution is -2.41. The number of carbonyl (C=O) groups excluding carboxylic acids is 5. The molecule has 0 unspecified atom stereocenters. The molecule has 4 rings (SSSR count). The molecular weight excluding hydrogens is 350 g/mol. The second kappa shape index (κ2) is 6.61. The van der Waals surface area contributed by atoms with Gasteiger partial charge in [-0.3, -0.25) is 24.1 Å². The molecule has 1 saturated heterocycles. The van der Waals surface area contributed by atoms with E-state index in [0.717, 1.165) is 28.2 Å². The van der Waals surface area contributed by atoms with Crippen LogP contribution in [0.2, 0.25) is 0 Å². The van der Waals surface area contributed by atoms with Gasteiger partial charge in [-0.2, -0.15) is 0 Å². The van der Waals surface area contributed by atoms with Gasteiger partial charge in [0, 0.05) is 23.7 Å². The first-order valence-corrected chi connectivity index (χ1v) is 9.10. The van der Waals surface area contributed by atoms with Crippen LogP contribution in [0.1, 0.15) is 48.0 Å². The van der Waals surface area contributed by atoms with E-state index in [9.17, 15) is 24.0 Å². The standard InChI is InChI=1S/C19H19N3O5/c23-15(12-5-7-14-11(9-12)6-8-16(24)20-14)10-21-17(25)18(26)22(19(21)27)13-3-1-2-4-13/h5,7,9,13H,1-4,6,8,10H2,(H,20,24). The van der Waals surface area contributed by atoms with Crippen molar-refractivity contribution in [1.29, 1.82) is 0 Å². The van der Waals surface area contributed by atoms with E-state index in [1.807, 2.05) is 0 Å². The summed E-state index contributed by atoms with van der Waals surface area (Å²) in [6.07, 6.45) is 4.10. The number of carbonyl (C=O) groups is 5. The van der Waals surface area contributed by atoms with Crippen LogP contribution in [0.25, 0.3) is 0 Å². The van der Waals surface area contributed by atoms with E-state index in [-0.39, 0.29) is 11.9 Å². The van der Waals surface area contributed by atoms with Crippen molar-refractivity contribution in [3.63, 3.8) is 0 Å². The first-order chi connectivity index (χ1) is 13.0. The molecule has 140 valence electrons. The Hall–Kier alpha value is -3.03. The van der Waals surface area contributed by atoms with E-state index in [1.54, 1.807) is 18.2 Å². The van der Waals surface area contributed by atoms with Crippen LogP contribution in [-0.4, -0.2) is 51.9 Å². The number of fused-ring (bicyclic) bond motifs is 1. The molecule has 2 heterocycles. The molecule has 2 aliphatic heterocycles. The number of Topliss-reactive ketones (excluding diaryl/α,β-unsaturated/α-hetero) is 1. The van der Waals surface area contributed by atoms with Crippen molar-refractivity contribution < 1.29 is 24.0 Å². The van der Waals surface area contributed by atoms with Crippen LogP contribution in [0.5, 0.6) is 0 Å². The highest BCUT2D eigenvalue weighted by Gasteiger charge is 2.48. The maximum atomic E-state index is 12.6. The van der Waals surface area contributed by atoms with Crippen LogP contribution in [0.15, 0.2) is 18.2 Å². The molecule has 8 nitrogen and oxygen atoms in total.